The van der Waals surface area contributed by atoms with E-state index in [2.05, 4.69) is 47.6 Å². The zero-order chi connectivity index (χ0) is 24.9. The first-order valence-electron chi connectivity index (χ1n) is 14.0. The van der Waals surface area contributed by atoms with E-state index in [0.717, 1.165) is 51.4 Å². The molecule has 0 amide bonds. The summed E-state index contributed by atoms with van der Waals surface area (Å²) in [6, 6.07) is 0. The minimum absolute atomic E-state index is 0.000670. The molecule has 5 rings (SSSR count). The summed E-state index contributed by atoms with van der Waals surface area (Å²) >= 11 is 0. The minimum atomic E-state index is -0.669. The molecule has 5 aliphatic carbocycles. The van der Waals surface area contributed by atoms with Gasteiger partial charge in [0.15, 0.2) is 0 Å². The van der Waals surface area contributed by atoms with Crippen LogP contribution in [0.25, 0.3) is 0 Å². The van der Waals surface area contributed by atoms with Gasteiger partial charge < -0.3 is 15.3 Å². The van der Waals surface area contributed by atoms with Gasteiger partial charge in [-0.2, -0.15) is 0 Å². The molecule has 3 N–H and O–H groups in total. The van der Waals surface area contributed by atoms with Crippen molar-refractivity contribution in [3.8, 4) is 0 Å². The molecule has 34 heavy (non-hydrogen) atoms. The van der Waals surface area contributed by atoms with E-state index in [4.69, 9.17) is 0 Å². The average molecular weight is 473 g/mol. The van der Waals surface area contributed by atoms with Gasteiger partial charge in [0.2, 0.25) is 0 Å². The molecule has 0 aromatic heterocycles. The molecule has 0 aromatic carbocycles. The number of allylic oxidation sites excluding steroid dienone is 2. The minimum Gasteiger partial charge on any atom is -0.481 e. The summed E-state index contributed by atoms with van der Waals surface area (Å²) in [5.74, 6) is 0.882. The lowest BCUT2D eigenvalue weighted by atomic mass is 9.33. The molecule has 0 saturated heterocycles. The molecule has 4 fully saturated rings. The normalized spacial score (nSPS) is 54.1. The fraction of sp³-hybridized carbons (Fsp3) is 0.900. The molecule has 0 bridgehead atoms. The van der Waals surface area contributed by atoms with E-state index in [-0.39, 0.29) is 52.1 Å². The molecule has 192 valence electrons. The maximum atomic E-state index is 12.8. The van der Waals surface area contributed by atoms with Crippen molar-refractivity contribution in [1.82, 2.24) is 0 Å². The fourth-order valence-corrected chi connectivity index (χ4v) is 11.0. The molecule has 0 heterocycles. The molecule has 4 heteroatoms. The van der Waals surface area contributed by atoms with Crippen LogP contribution in [0, 0.1) is 56.7 Å². The van der Waals surface area contributed by atoms with Crippen LogP contribution >= 0.6 is 0 Å². The largest absolute Gasteiger partial charge is 0.481 e. The fourth-order valence-electron chi connectivity index (χ4n) is 11.0. The van der Waals surface area contributed by atoms with E-state index >= 15 is 0 Å². The zero-order valence-electron chi connectivity index (χ0n) is 22.4. The second-order valence-corrected chi connectivity index (χ2v) is 14.4. The Bertz CT molecular complexity index is 892. The summed E-state index contributed by atoms with van der Waals surface area (Å²) < 4.78 is 0. The van der Waals surface area contributed by atoms with Crippen LogP contribution in [0.4, 0.5) is 0 Å². The first kappa shape index (κ1) is 24.8. The number of carboxylic acids is 1. The highest BCUT2D eigenvalue weighted by Crippen LogP contribution is 2.75. The Balaban J connectivity index is 1.61. The Hall–Kier alpha value is -0.870. The van der Waals surface area contributed by atoms with Crippen LogP contribution in [0.1, 0.15) is 99.3 Å². The van der Waals surface area contributed by atoms with Crippen molar-refractivity contribution in [3.05, 3.63) is 11.6 Å². The first-order valence-corrected chi connectivity index (χ1v) is 14.0. The molecule has 4 saturated carbocycles. The number of fused-ring (bicyclic) bond motifs is 7. The first-order chi connectivity index (χ1) is 15.8. The summed E-state index contributed by atoms with van der Waals surface area (Å²) in [6.45, 7) is 14.5. The number of carbonyl (C=O) groups is 1. The third-order valence-electron chi connectivity index (χ3n) is 13.4. The number of aliphatic hydroxyl groups is 2. The molecule has 0 aromatic rings. The maximum Gasteiger partial charge on any atom is 0.310 e. The van der Waals surface area contributed by atoms with Gasteiger partial charge in [-0.15, -0.1) is 0 Å². The predicted molar refractivity (Wildman–Crippen MR) is 134 cm³/mol. The highest BCUT2D eigenvalue weighted by Gasteiger charge is 2.69. The van der Waals surface area contributed by atoms with Gasteiger partial charge in [-0.1, -0.05) is 53.2 Å². The van der Waals surface area contributed by atoms with E-state index in [1.54, 1.807) is 0 Å². The lowest BCUT2D eigenvalue weighted by Crippen LogP contribution is -2.65. The number of rotatable bonds is 2. The second-order valence-electron chi connectivity index (χ2n) is 14.4. The summed E-state index contributed by atoms with van der Waals surface area (Å²) in [7, 11) is 0. The third kappa shape index (κ3) is 2.82. The predicted octanol–water partition coefficient (Wildman–Crippen LogP) is 6.06. The van der Waals surface area contributed by atoms with Gasteiger partial charge in [0, 0.05) is 6.61 Å². The highest BCUT2D eigenvalue weighted by atomic mass is 16.4. The van der Waals surface area contributed by atoms with Crippen molar-refractivity contribution in [2.75, 3.05) is 6.61 Å². The highest BCUT2D eigenvalue weighted by molar-refractivity contribution is 5.76. The monoisotopic (exact) mass is 472 g/mol. The molecule has 10 atom stereocenters. The van der Waals surface area contributed by atoms with Gasteiger partial charge in [0.05, 0.1) is 11.5 Å². The lowest BCUT2D eigenvalue weighted by Gasteiger charge is -2.71. The van der Waals surface area contributed by atoms with Gasteiger partial charge in [-0.05, 0) is 109 Å². The molecule has 4 nitrogen and oxygen atoms in total. The Labute approximate surface area is 206 Å². The summed E-state index contributed by atoms with van der Waals surface area (Å²) in [5, 5.41) is 31.5. The average Bonchev–Trinajstić information content (AvgIpc) is 2.77. The third-order valence-corrected chi connectivity index (χ3v) is 13.4. The topological polar surface area (TPSA) is 77.8 Å². The molecular formula is C30H48O4. The number of hydrogen-bond acceptors (Lipinski definition) is 3. The van der Waals surface area contributed by atoms with E-state index in [9.17, 15) is 20.1 Å². The zero-order valence-corrected chi connectivity index (χ0v) is 22.4. The Morgan fingerprint density at radius 3 is 2.32 bits per heavy atom. The molecular weight excluding hydrogens is 424 g/mol. The smallest absolute Gasteiger partial charge is 0.310 e. The molecule has 0 aliphatic heterocycles. The number of aliphatic carboxylic acids is 1. The van der Waals surface area contributed by atoms with Crippen molar-refractivity contribution in [1.29, 1.82) is 0 Å². The standard InChI is InChI=1S/C30H48O4/c1-18-19(17-31)9-14-30(25(33)34)16-15-28(5)20(24(18)30)7-8-22-27(4)12-11-23(32)26(2,3)21(27)10-13-29(22,28)6/h7,18-19,21-24,31-32H,8-17H2,1-6H3,(H,33,34)/t18-,19-,21?,22+,23-,24-,27-,28+,29+,30-/m0/s1. The Morgan fingerprint density at radius 2 is 1.68 bits per heavy atom. The van der Waals surface area contributed by atoms with Gasteiger partial charge in [0.1, 0.15) is 0 Å². The molecule has 0 radical (unpaired) electrons. The maximum absolute atomic E-state index is 12.8. The van der Waals surface area contributed by atoms with E-state index in [1.165, 1.54) is 5.57 Å². The number of hydrogen-bond donors (Lipinski definition) is 3. The van der Waals surface area contributed by atoms with Crippen molar-refractivity contribution in [2.24, 2.45) is 56.7 Å². The number of aliphatic hydroxyl groups excluding tert-OH is 2. The Morgan fingerprint density at radius 1 is 0.971 bits per heavy atom. The van der Waals surface area contributed by atoms with Crippen LogP contribution in [-0.4, -0.2) is 34.0 Å². The van der Waals surface area contributed by atoms with Crippen molar-refractivity contribution in [3.63, 3.8) is 0 Å². The summed E-state index contributed by atoms with van der Waals surface area (Å²) in [5.41, 5.74) is 1.03. The van der Waals surface area contributed by atoms with Crippen molar-refractivity contribution < 1.29 is 20.1 Å². The molecule has 5 aliphatic rings. The van der Waals surface area contributed by atoms with Crippen LogP contribution < -0.4 is 0 Å². The van der Waals surface area contributed by atoms with E-state index in [1.807, 2.05) is 0 Å². The van der Waals surface area contributed by atoms with Crippen molar-refractivity contribution >= 4 is 5.97 Å². The van der Waals surface area contributed by atoms with Crippen LogP contribution in [0.2, 0.25) is 0 Å². The molecule has 0 spiro atoms. The summed E-state index contributed by atoms with van der Waals surface area (Å²) in [6.07, 6.45) is 10.8. The van der Waals surface area contributed by atoms with Gasteiger partial charge in [-0.3, -0.25) is 4.79 Å². The summed E-state index contributed by atoms with van der Waals surface area (Å²) in [4.78, 5) is 12.8. The second kappa shape index (κ2) is 7.57. The van der Waals surface area contributed by atoms with Gasteiger partial charge >= 0.3 is 5.97 Å². The van der Waals surface area contributed by atoms with Crippen LogP contribution in [-0.2, 0) is 4.79 Å². The lowest BCUT2D eigenvalue weighted by molar-refractivity contribution is -0.207. The van der Waals surface area contributed by atoms with Crippen LogP contribution in [0.5, 0.6) is 0 Å². The molecule has 1 unspecified atom stereocenters. The Kier molecular flexibility index (Phi) is 5.52. The van der Waals surface area contributed by atoms with Crippen LogP contribution in [0.15, 0.2) is 11.6 Å². The quantitative estimate of drug-likeness (QED) is 0.427. The van der Waals surface area contributed by atoms with E-state index in [0.29, 0.717) is 18.3 Å². The van der Waals surface area contributed by atoms with Crippen molar-refractivity contribution in [2.45, 2.75) is 105 Å². The number of carboxylic acid groups (broad SMARTS) is 1. The SMILES string of the molecule is C[C@H]1[C@H](CO)CC[C@]2(C(=O)O)CC[C@]3(C)C(=CC[C@@H]4[C@@]5(C)CC[C@H](O)C(C)(C)C5CC[C@]43C)[C@H]12. The van der Waals surface area contributed by atoms with Gasteiger partial charge in [0.25, 0.3) is 0 Å². The van der Waals surface area contributed by atoms with Crippen LogP contribution in [0.3, 0.4) is 0 Å². The van der Waals surface area contributed by atoms with E-state index < -0.39 is 11.4 Å². The van der Waals surface area contributed by atoms with Gasteiger partial charge in [-0.25, -0.2) is 0 Å².